The number of hydrogen-bond donors (Lipinski definition) is 0. The first-order valence-corrected chi connectivity index (χ1v) is 6.06. The van der Waals surface area contributed by atoms with Gasteiger partial charge in [-0.05, 0) is 24.3 Å². The van der Waals surface area contributed by atoms with E-state index in [9.17, 15) is 13.6 Å². The molecular weight excluding hydrogens is 286 g/mol. The van der Waals surface area contributed by atoms with Gasteiger partial charge in [0.1, 0.15) is 18.0 Å². The van der Waals surface area contributed by atoms with Crippen LogP contribution in [0.3, 0.4) is 0 Å². The summed E-state index contributed by atoms with van der Waals surface area (Å²) in [6, 6.07) is 7.70. The molecule has 0 spiro atoms. The lowest BCUT2D eigenvalue weighted by molar-refractivity contribution is 0.581. The lowest BCUT2D eigenvalue weighted by atomic mass is 10.2. The molecule has 0 amide bonds. The van der Waals surface area contributed by atoms with Crippen LogP contribution in [0.5, 0.6) is 0 Å². The third kappa shape index (κ3) is 2.06. The molecule has 3 aromatic rings. The molecule has 0 N–H and O–H groups in total. The summed E-state index contributed by atoms with van der Waals surface area (Å²) in [6.07, 6.45) is 1.22. The Hall–Kier alpha value is -2.27. The summed E-state index contributed by atoms with van der Waals surface area (Å²) in [5, 5.41) is 0.451. The Morgan fingerprint density at radius 1 is 1.10 bits per heavy atom. The van der Waals surface area contributed by atoms with E-state index >= 15 is 0 Å². The lowest BCUT2D eigenvalue weighted by Crippen LogP contribution is -2.19. The van der Waals surface area contributed by atoms with Gasteiger partial charge in [0, 0.05) is 6.07 Å². The van der Waals surface area contributed by atoms with E-state index in [2.05, 4.69) is 4.98 Å². The normalized spacial score (nSPS) is 10.9. The van der Waals surface area contributed by atoms with Crippen LogP contribution in [0.4, 0.5) is 8.78 Å². The minimum absolute atomic E-state index is 0.0572. The summed E-state index contributed by atoms with van der Waals surface area (Å²) in [7, 11) is 0. The quantitative estimate of drug-likeness (QED) is 0.689. The van der Waals surface area contributed by atoms with Gasteiger partial charge in [-0.2, -0.15) is 0 Å². The fourth-order valence-corrected chi connectivity index (χ4v) is 2.24. The van der Waals surface area contributed by atoms with E-state index in [-0.39, 0.29) is 16.1 Å². The zero-order valence-electron chi connectivity index (χ0n) is 9.98. The van der Waals surface area contributed by atoms with Gasteiger partial charge < -0.3 is 0 Å². The molecule has 0 aliphatic heterocycles. The van der Waals surface area contributed by atoms with E-state index in [1.807, 2.05) is 0 Å². The van der Waals surface area contributed by atoms with E-state index in [0.717, 1.165) is 22.8 Å². The SMILES string of the molecule is O=c1c2c(Cl)cccc2ncn1-c1cc(F)cc(F)c1. The van der Waals surface area contributed by atoms with Crippen molar-refractivity contribution in [1.82, 2.24) is 9.55 Å². The zero-order chi connectivity index (χ0) is 14.3. The molecule has 20 heavy (non-hydrogen) atoms. The first-order valence-electron chi connectivity index (χ1n) is 5.68. The summed E-state index contributed by atoms with van der Waals surface area (Å²) in [4.78, 5) is 16.4. The maximum Gasteiger partial charge on any atom is 0.267 e. The zero-order valence-corrected chi connectivity index (χ0v) is 10.7. The highest BCUT2D eigenvalue weighted by Crippen LogP contribution is 2.19. The Bertz CT molecular complexity index is 856. The largest absolute Gasteiger partial charge is 0.268 e. The minimum atomic E-state index is -0.772. The van der Waals surface area contributed by atoms with Gasteiger partial charge in [0.25, 0.3) is 5.56 Å². The maximum atomic E-state index is 13.2. The van der Waals surface area contributed by atoms with Crippen molar-refractivity contribution >= 4 is 22.5 Å². The van der Waals surface area contributed by atoms with Crippen LogP contribution in [0.2, 0.25) is 5.02 Å². The number of benzene rings is 2. The van der Waals surface area contributed by atoms with Crippen molar-refractivity contribution in [1.29, 1.82) is 0 Å². The molecule has 1 aromatic heterocycles. The highest BCUT2D eigenvalue weighted by atomic mass is 35.5. The lowest BCUT2D eigenvalue weighted by Gasteiger charge is -2.07. The van der Waals surface area contributed by atoms with Crippen molar-refractivity contribution in [2.75, 3.05) is 0 Å². The van der Waals surface area contributed by atoms with Crippen molar-refractivity contribution in [3.8, 4) is 5.69 Å². The molecule has 0 atom stereocenters. The summed E-state index contributed by atoms with van der Waals surface area (Å²) in [6.45, 7) is 0. The second-order valence-corrected chi connectivity index (χ2v) is 4.59. The number of nitrogens with zero attached hydrogens (tertiary/aromatic N) is 2. The second-order valence-electron chi connectivity index (χ2n) is 4.18. The molecule has 0 saturated carbocycles. The number of hydrogen-bond acceptors (Lipinski definition) is 2. The predicted molar refractivity (Wildman–Crippen MR) is 72.3 cm³/mol. The molecule has 0 aliphatic carbocycles. The average Bonchev–Trinajstić information content (AvgIpc) is 2.37. The minimum Gasteiger partial charge on any atom is -0.268 e. The standard InChI is InChI=1S/C14H7ClF2N2O/c15-11-2-1-3-12-13(11)14(20)19(7-18-12)10-5-8(16)4-9(17)6-10/h1-7H. The molecule has 3 nitrogen and oxygen atoms in total. The maximum absolute atomic E-state index is 13.2. The third-order valence-corrected chi connectivity index (χ3v) is 3.18. The Balaban J connectivity index is 2.35. The Kier molecular flexibility index (Phi) is 2.99. The summed E-state index contributed by atoms with van der Waals surface area (Å²) < 4.78 is 27.5. The Labute approximate surface area is 117 Å². The van der Waals surface area contributed by atoms with Gasteiger partial charge >= 0.3 is 0 Å². The van der Waals surface area contributed by atoms with Crippen molar-refractivity contribution in [3.63, 3.8) is 0 Å². The van der Waals surface area contributed by atoms with Crippen molar-refractivity contribution < 1.29 is 8.78 Å². The first-order chi connectivity index (χ1) is 9.56. The predicted octanol–water partition coefficient (Wildman–Crippen LogP) is 3.32. The number of aromatic nitrogens is 2. The molecule has 3 rings (SSSR count). The summed E-state index contributed by atoms with van der Waals surface area (Å²) in [5.41, 5.74) is 0.00282. The van der Waals surface area contributed by atoms with Gasteiger partial charge in [-0.1, -0.05) is 17.7 Å². The number of halogens is 3. The molecular formula is C14H7ClF2N2O. The van der Waals surface area contributed by atoms with Crippen molar-refractivity contribution in [2.24, 2.45) is 0 Å². The van der Waals surface area contributed by atoms with E-state index in [1.165, 1.54) is 6.33 Å². The fourth-order valence-electron chi connectivity index (χ4n) is 1.99. The average molecular weight is 293 g/mol. The monoisotopic (exact) mass is 292 g/mol. The highest BCUT2D eigenvalue weighted by molar-refractivity contribution is 6.35. The van der Waals surface area contributed by atoms with Crippen LogP contribution < -0.4 is 5.56 Å². The smallest absolute Gasteiger partial charge is 0.267 e. The van der Waals surface area contributed by atoms with Crippen LogP contribution in [-0.4, -0.2) is 9.55 Å². The Morgan fingerprint density at radius 2 is 1.80 bits per heavy atom. The molecule has 100 valence electrons. The Morgan fingerprint density at radius 3 is 2.50 bits per heavy atom. The van der Waals surface area contributed by atoms with Gasteiger partial charge in [0.05, 0.1) is 21.6 Å². The topological polar surface area (TPSA) is 34.9 Å². The van der Waals surface area contributed by atoms with Gasteiger partial charge in [0.15, 0.2) is 0 Å². The molecule has 0 unspecified atom stereocenters. The molecule has 1 heterocycles. The fraction of sp³-hybridized carbons (Fsp3) is 0. The summed E-state index contributed by atoms with van der Waals surface area (Å²) in [5.74, 6) is -1.54. The van der Waals surface area contributed by atoms with E-state index < -0.39 is 17.2 Å². The highest BCUT2D eigenvalue weighted by Gasteiger charge is 2.10. The molecule has 0 radical (unpaired) electrons. The van der Waals surface area contributed by atoms with Crippen LogP contribution in [0.25, 0.3) is 16.6 Å². The first kappa shape index (κ1) is 12.7. The van der Waals surface area contributed by atoms with E-state index in [0.29, 0.717) is 5.52 Å². The molecule has 0 bridgehead atoms. The number of fused-ring (bicyclic) bond motifs is 1. The van der Waals surface area contributed by atoms with Crippen molar-refractivity contribution in [2.45, 2.75) is 0 Å². The third-order valence-electron chi connectivity index (χ3n) is 2.86. The molecule has 2 aromatic carbocycles. The van der Waals surface area contributed by atoms with Gasteiger partial charge in [-0.15, -0.1) is 0 Å². The number of rotatable bonds is 1. The van der Waals surface area contributed by atoms with Crippen LogP contribution in [0.15, 0.2) is 47.5 Å². The summed E-state index contributed by atoms with van der Waals surface area (Å²) >= 11 is 5.98. The van der Waals surface area contributed by atoms with Crippen LogP contribution in [0, 0.1) is 11.6 Å². The van der Waals surface area contributed by atoms with Crippen LogP contribution in [0.1, 0.15) is 0 Å². The van der Waals surface area contributed by atoms with Crippen LogP contribution in [-0.2, 0) is 0 Å². The molecule has 0 fully saturated rings. The van der Waals surface area contributed by atoms with Crippen LogP contribution >= 0.6 is 11.6 Å². The van der Waals surface area contributed by atoms with Gasteiger partial charge in [0.2, 0.25) is 0 Å². The second kappa shape index (κ2) is 4.68. The van der Waals surface area contributed by atoms with Gasteiger partial charge in [-0.25, -0.2) is 13.8 Å². The van der Waals surface area contributed by atoms with E-state index in [1.54, 1.807) is 18.2 Å². The van der Waals surface area contributed by atoms with E-state index in [4.69, 9.17) is 11.6 Å². The molecule has 0 aliphatic rings. The van der Waals surface area contributed by atoms with Gasteiger partial charge in [-0.3, -0.25) is 9.36 Å². The van der Waals surface area contributed by atoms with Crippen molar-refractivity contribution in [3.05, 3.63) is 69.7 Å². The molecule has 0 saturated heterocycles. The molecule has 6 heteroatoms.